The van der Waals surface area contributed by atoms with E-state index in [-0.39, 0.29) is 0 Å². The number of nitrogens with zero attached hydrogens (tertiary/aromatic N) is 3. The fraction of sp³-hybridized carbons (Fsp3) is 0.857. The van der Waals surface area contributed by atoms with E-state index < -0.39 is 0 Å². The van der Waals surface area contributed by atoms with Crippen molar-refractivity contribution in [2.24, 2.45) is 5.92 Å². The second-order valence-electron chi connectivity index (χ2n) is 5.91. The Labute approximate surface area is 109 Å². The maximum Gasteiger partial charge on any atom is 0.0964 e. The maximum absolute atomic E-state index is 4.32. The van der Waals surface area contributed by atoms with E-state index in [4.69, 9.17) is 0 Å². The molecule has 3 rings (SSSR count). The standard InChI is InChI=1S/C14H24N4/c1-2-4-6-14(5-3-1)18-11-13(16-17-18)10-15-9-12-7-8-12/h11-12,14-15H,1-10H2. The molecule has 0 aromatic carbocycles. The highest BCUT2D eigenvalue weighted by Gasteiger charge is 2.20. The number of nitrogens with one attached hydrogen (secondary N) is 1. The highest BCUT2D eigenvalue weighted by atomic mass is 15.4. The first-order chi connectivity index (χ1) is 8.92. The van der Waals surface area contributed by atoms with Gasteiger partial charge >= 0.3 is 0 Å². The summed E-state index contributed by atoms with van der Waals surface area (Å²) in [7, 11) is 0. The zero-order valence-electron chi connectivity index (χ0n) is 11.1. The lowest BCUT2D eigenvalue weighted by Crippen LogP contribution is -2.16. The summed E-state index contributed by atoms with van der Waals surface area (Å²) < 4.78 is 2.11. The van der Waals surface area contributed by atoms with Crippen LogP contribution >= 0.6 is 0 Å². The van der Waals surface area contributed by atoms with Crippen molar-refractivity contribution in [3.05, 3.63) is 11.9 Å². The van der Waals surface area contributed by atoms with E-state index in [1.807, 2.05) is 0 Å². The summed E-state index contributed by atoms with van der Waals surface area (Å²) in [5.74, 6) is 0.932. The lowest BCUT2D eigenvalue weighted by atomic mass is 10.1. The molecule has 2 aliphatic carbocycles. The van der Waals surface area contributed by atoms with E-state index in [2.05, 4.69) is 26.5 Å². The van der Waals surface area contributed by atoms with Gasteiger partial charge in [0.2, 0.25) is 0 Å². The second kappa shape index (κ2) is 5.83. The molecule has 0 bridgehead atoms. The molecule has 0 atom stereocenters. The van der Waals surface area contributed by atoms with Crippen LogP contribution in [-0.4, -0.2) is 21.5 Å². The topological polar surface area (TPSA) is 42.7 Å². The molecule has 2 saturated carbocycles. The summed E-state index contributed by atoms with van der Waals surface area (Å²) in [6, 6.07) is 0.595. The minimum Gasteiger partial charge on any atom is -0.311 e. The minimum atomic E-state index is 0.595. The molecule has 4 heteroatoms. The fourth-order valence-corrected chi connectivity index (χ4v) is 2.82. The van der Waals surface area contributed by atoms with Crippen molar-refractivity contribution in [1.82, 2.24) is 20.3 Å². The van der Waals surface area contributed by atoms with E-state index in [1.54, 1.807) is 0 Å². The molecule has 1 N–H and O–H groups in total. The summed E-state index contributed by atoms with van der Waals surface area (Å²) in [5, 5.41) is 12.1. The van der Waals surface area contributed by atoms with Gasteiger partial charge in [-0.2, -0.15) is 0 Å². The molecule has 0 saturated heterocycles. The van der Waals surface area contributed by atoms with Gasteiger partial charge in [-0.1, -0.05) is 30.9 Å². The Morgan fingerprint density at radius 1 is 1.11 bits per heavy atom. The molecule has 18 heavy (non-hydrogen) atoms. The summed E-state index contributed by atoms with van der Waals surface area (Å²) in [4.78, 5) is 0. The van der Waals surface area contributed by atoms with Crippen LogP contribution in [0.25, 0.3) is 0 Å². The van der Waals surface area contributed by atoms with E-state index in [0.717, 1.165) is 24.7 Å². The number of hydrogen-bond donors (Lipinski definition) is 1. The molecular weight excluding hydrogens is 224 g/mol. The maximum atomic E-state index is 4.32. The third-order valence-electron chi connectivity index (χ3n) is 4.19. The minimum absolute atomic E-state index is 0.595. The average Bonchev–Trinajstić information content (AvgIpc) is 3.14. The predicted octanol–water partition coefficient (Wildman–Crippen LogP) is 2.67. The number of hydrogen-bond acceptors (Lipinski definition) is 3. The monoisotopic (exact) mass is 248 g/mol. The normalized spacial score (nSPS) is 22.0. The van der Waals surface area contributed by atoms with Gasteiger partial charge in [-0.05, 0) is 38.1 Å². The van der Waals surface area contributed by atoms with Gasteiger partial charge in [0, 0.05) is 6.54 Å². The van der Waals surface area contributed by atoms with Gasteiger partial charge < -0.3 is 5.32 Å². The number of rotatable bonds is 5. The average molecular weight is 248 g/mol. The highest BCUT2D eigenvalue weighted by Crippen LogP contribution is 2.28. The summed E-state index contributed by atoms with van der Waals surface area (Å²) in [6.45, 7) is 2.03. The Kier molecular flexibility index (Phi) is 3.93. The van der Waals surface area contributed by atoms with E-state index in [1.165, 1.54) is 51.4 Å². The van der Waals surface area contributed by atoms with E-state index in [0.29, 0.717) is 6.04 Å². The smallest absolute Gasteiger partial charge is 0.0964 e. The van der Waals surface area contributed by atoms with E-state index >= 15 is 0 Å². The van der Waals surface area contributed by atoms with Crippen molar-refractivity contribution >= 4 is 0 Å². The van der Waals surface area contributed by atoms with Crippen LogP contribution in [0, 0.1) is 5.92 Å². The van der Waals surface area contributed by atoms with Gasteiger partial charge in [-0.25, -0.2) is 4.68 Å². The van der Waals surface area contributed by atoms with Crippen molar-refractivity contribution in [1.29, 1.82) is 0 Å². The predicted molar refractivity (Wildman–Crippen MR) is 71.2 cm³/mol. The molecule has 0 radical (unpaired) electrons. The molecule has 2 aliphatic rings. The summed E-state index contributed by atoms with van der Waals surface area (Å²) in [6.07, 6.45) is 13.0. The first-order valence-corrected chi connectivity index (χ1v) is 7.53. The molecule has 1 aromatic rings. The third kappa shape index (κ3) is 3.31. The quantitative estimate of drug-likeness (QED) is 0.815. The summed E-state index contributed by atoms with van der Waals surface area (Å²) in [5.41, 5.74) is 1.10. The highest BCUT2D eigenvalue weighted by molar-refractivity contribution is 4.93. The summed E-state index contributed by atoms with van der Waals surface area (Å²) >= 11 is 0. The van der Waals surface area contributed by atoms with Gasteiger partial charge in [0.15, 0.2) is 0 Å². The van der Waals surface area contributed by atoms with Crippen molar-refractivity contribution in [3.63, 3.8) is 0 Å². The van der Waals surface area contributed by atoms with Crippen molar-refractivity contribution in [2.45, 2.75) is 64.0 Å². The number of aromatic nitrogens is 3. The van der Waals surface area contributed by atoms with Gasteiger partial charge in [-0.15, -0.1) is 5.10 Å². The van der Waals surface area contributed by atoms with Crippen molar-refractivity contribution < 1.29 is 0 Å². The molecule has 100 valence electrons. The molecule has 0 unspecified atom stereocenters. The molecule has 0 amide bonds. The first-order valence-electron chi connectivity index (χ1n) is 7.53. The molecule has 0 spiro atoms. The SMILES string of the molecule is c1c(CNCC2CC2)nnn1C1CCCCCC1. The molecular formula is C14H24N4. The largest absolute Gasteiger partial charge is 0.311 e. The van der Waals surface area contributed by atoms with Crippen LogP contribution in [0.4, 0.5) is 0 Å². The lowest BCUT2D eigenvalue weighted by molar-refractivity contribution is 0.396. The van der Waals surface area contributed by atoms with Gasteiger partial charge in [0.1, 0.15) is 0 Å². The fourth-order valence-electron chi connectivity index (χ4n) is 2.82. The Balaban J connectivity index is 1.50. The Morgan fingerprint density at radius 3 is 2.61 bits per heavy atom. The van der Waals surface area contributed by atoms with E-state index in [9.17, 15) is 0 Å². The third-order valence-corrected chi connectivity index (χ3v) is 4.19. The zero-order chi connectivity index (χ0) is 12.2. The van der Waals surface area contributed by atoms with Gasteiger partial charge in [-0.3, -0.25) is 0 Å². The zero-order valence-corrected chi connectivity index (χ0v) is 11.1. The molecule has 1 heterocycles. The van der Waals surface area contributed by atoms with Crippen LogP contribution in [0.5, 0.6) is 0 Å². The van der Waals surface area contributed by atoms with Crippen LogP contribution in [0.1, 0.15) is 63.1 Å². The molecule has 2 fully saturated rings. The molecule has 0 aliphatic heterocycles. The second-order valence-corrected chi connectivity index (χ2v) is 5.91. The van der Waals surface area contributed by atoms with Crippen LogP contribution in [0.3, 0.4) is 0 Å². The first kappa shape index (κ1) is 12.2. The molecule has 4 nitrogen and oxygen atoms in total. The van der Waals surface area contributed by atoms with Crippen molar-refractivity contribution in [2.75, 3.05) is 6.54 Å². The Hall–Kier alpha value is -0.900. The lowest BCUT2D eigenvalue weighted by Gasteiger charge is -2.12. The van der Waals surface area contributed by atoms with Crippen molar-refractivity contribution in [3.8, 4) is 0 Å². The van der Waals surface area contributed by atoms with Gasteiger partial charge in [0.05, 0.1) is 17.9 Å². The molecule has 1 aromatic heterocycles. The van der Waals surface area contributed by atoms with Gasteiger partial charge in [0.25, 0.3) is 0 Å². The Bertz CT molecular complexity index is 362. The van der Waals surface area contributed by atoms with Crippen LogP contribution in [0.15, 0.2) is 6.20 Å². The van der Waals surface area contributed by atoms with Crippen LogP contribution in [0.2, 0.25) is 0 Å². The Morgan fingerprint density at radius 2 is 1.89 bits per heavy atom. The van der Waals surface area contributed by atoms with Crippen LogP contribution < -0.4 is 5.32 Å². The van der Waals surface area contributed by atoms with Crippen LogP contribution in [-0.2, 0) is 6.54 Å².